The van der Waals surface area contributed by atoms with Gasteiger partial charge in [0, 0.05) is 17.2 Å². The molecule has 4 unspecified atom stereocenters. The first kappa shape index (κ1) is 28.7. The predicted molar refractivity (Wildman–Crippen MR) is 152 cm³/mol. The third-order valence-corrected chi connectivity index (χ3v) is 7.29. The Balaban J connectivity index is 1.58. The van der Waals surface area contributed by atoms with Crippen LogP contribution in [0.15, 0.2) is 106 Å². The lowest BCUT2D eigenvalue weighted by Crippen LogP contribution is -2.39. The summed E-state index contributed by atoms with van der Waals surface area (Å²) in [5, 5.41) is 14.9. The topological polar surface area (TPSA) is 161 Å². The maximum Gasteiger partial charge on any atom is 0.330 e. The molecule has 42 heavy (non-hydrogen) atoms. The lowest BCUT2D eigenvalue weighted by molar-refractivity contribution is -0.0945. The van der Waals surface area contributed by atoms with Gasteiger partial charge in [0.15, 0.2) is 0 Å². The van der Waals surface area contributed by atoms with Crippen LogP contribution in [0.3, 0.4) is 0 Å². The number of aromatic nitrogens is 2. The molecule has 0 aliphatic carbocycles. The molecule has 216 valence electrons. The van der Waals surface area contributed by atoms with Crippen LogP contribution in [0.5, 0.6) is 11.5 Å². The lowest BCUT2D eigenvalue weighted by atomic mass is 9.80. The van der Waals surface area contributed by atoms with Gasteiger partial charge in [0.25, 0.3) is 5.56 Å². The van der Waals surface area contributed by atoms with E-state index in [1.165, 1.54) is 6.20 Å². The van der Waals surface area contributed by atoms with Gasteiger partial charge in [-0.05, 0) is 46.5 Å². The first-order valence-electron chi connectivity index (χ1n) is 13.1. The maximum atomic E-state index is 12.5. The second-order valence-electron chi connectivity index (χ2n) is 9.58. The largest absolute Gasteiger partial charge is 0.497 e. The van der Waals surface area contributed by atoms with Crippen molar-refractivity contribution in [3.63, 3.8) is 0 Å². The fourth-order valence-corrected chi connectivity index (χ4v) is 5.19. The Kier molecular flexibility index (Phi) is 8.41. The van der Waals surface area contributed by atoms with Crippen LogP contribution in [0.1, 0.15) is 22.9 Å². The van der Waals surface area contributed by atoms with Gasteiger partial charge in [-0.3, -0.25) is 14.3 Å². The van der Waals surface area contributed by atoms with E-state index in [1.807, 2.05) is 78.9 Å². The number of aliphatic hydroxyl groups is 1. The molecule has 1 aliphatic heterocycles. The number of ether oxygens (including phenoxy) is 4. The van der Waals surface area contributed by atoms with Gasteiger partial charge in [0.1, 0.15) is 35.5 Å². The van der Waals surface area contributed by atoms with E-state index in [0.29, 0.717) is 11.5 Å². The number of methoxy groups -OCH3 is 2. The molecular formula is C30H29N5O7. The maximum absolute atomic E-state index is 12.5. The zero-order chi connectivity index (χ0) is 29.7. The lowest BCUT2D eigenvalue weighted by Gasteiger charge is -2.37. The number of hydrogen-bond donors (Lipinski definition) is 2. The molecule has 2 heterocycles. The van der Waals surface area contributed by atoms with Gasteiger partial charge in [-0.1, -0.05) is 59.7 Å². The molecule has 12 heteroatoms. The summed E-state index contributed by atoms with van der Waals surface area (Å²) in [5.41, 5.74) is 8.98. The molecule has 4 atom stereocenters. The van der Waals surface area contributed by atoms with Crippen molar-refractivity contribution in [2.75, 3.05) is 20.8 Å². The zero-order valence-electron chi connectivity index (χ0n) is 22.9. The van der Waals surface area contributed by atoms with E-state index in [-0.39, 0.29) is 6.61 Å². The monoisotopic (exact) mass is 571 g/mol. The molecular weight excluding hydrogens is 542 g/mol. The first-order chi connectivity index (χ1) is 20.4. The van der Waals surface area contributed by atoms with Gasteiger partial charge < -0.3 is 24.1 Å². The Bertz CT molecular complexity index is 1620. The van der Waals surface area contributed by atoms with Crippen molar-refractivity contribution in [1.29, 1.82) is 0 Å². The van der Waals surface area contributed by atoms with E-state index in [4.69, 9.17) is 18.9 Å². The minimum atomic E-state index is -1.33. The minimum absolute atomic E-state index is 0.166. The summed E-state index contributed by atoms with van der Waals surface area (Å²) in [6.07, 6.45) is -2.29. The second-order valence-corrected chi connectivity index (χ2v) is 9.58. The van der Waals surface area contributed by atoms with Crippen LogP contribution in [0.25, 0.3) is 10.4 Å². The van der Waals surface area contributed by atoms with Crippen molar-refractivity contribution in [3.8, 4) is 11.5 Å². The molecule has 0 spiro atoms. The van der Waals surface area contributed by atoms with Gasteiger partial charge in [0.05, 0.1) is 26.9 Å². The van der Waals surface area contributed by atoms with E-state index >= 15 is 0 Å². The summed E-state index contributed by atoms with van der Waals surface area (Å²) in [6, 6.07) is 24.5. The number of aromatic amines is 1. The molecule has 12 nitrogen and oxygen atoms in total. The average Bonchev–Trinajstić information content (AvgIpc) is 3.33. The predicted octanol–water partition coefficient (Wildman–Crippen LogP) is 3.50. The summed E-state index contributed by atoms with van der Waals surface area (Å²) >= 11 is 0. The molecule has 1 fully saturated rings. The molecule has 4 aromatic rings. The van der Waals surface area contributed by atoms with E-state index in [1.54, 1.807) is 14.2 Å². The number of hydrogen-bond acceptors (Lipinski definition) is 8. The molecule has 1 aromatic heterocycles. The Labute approximate surface area is 240 Å². The van der Waals surface area contributed by atoms with Crippen molar-refractivity contribution >= 4 is 0 Å². The number of benzene rings is 3. The fourth-order valence-electron chi connectivity index (χ4n) is 5.19. The van der Waals surface area contributed by atoms with Gasteiger partial charge in [0.2, 0.25) is 0 Å². The van der Waals surface area contributed by atoms with Crippen molar-refractivity contribution < 1.29 is 24.1 Å². The summed E-state index contributed by atoms with van der Waals surface area (Å²) in [7, 11) is 3.17. The van der Waals surface area contributed by atoms with Crippen molar-refractivity contribution in [1.82, 2.24) is 9.55 Å². The summed E-state index contributed by atoms with van der Waals surface area (Å²) in [4.78, 5) is 29.1. The van der Waals surface area contributed by atoms with Crippen LogP contribution in [0.4, 0.5) is 0 Å². The number of aliphatic hydroxyl groups excluding tert-OH is 1. The molecule has 0 bridgehead atoms. The zero-order valence-corrected chi connectivity index (χ0v) is 22.9. The Morgan fingerprint density at radius 1 is 0.929 bits per heavy atom. The molecule has 1 aliphatic rings. The molecule has 5 rings (SSSR count). The Morgan fingerprint density at radius 2 is 1.50 bits per heavy atom. The number of azide groups is 1. The standard InChI is InChI=1S/C30H29N5O7/c1-39-22-12-8-20(9-13-22)30(19-6-4-3-5-7-19,21-10-14-23(40-2)15-11-21)41-18-24-27(37)26(33-34-31)28(42-24)35-17-16-25(36)32-29(35)38/h3-17,24,26-28,37H,18H2,1-2H3,(H,32,36,38). The molecule has 1 saturated heterocycles. The van der Waals surface area contributed by atoms with E-state index in [0.717, 1.165) is 27.3 Å². The second kappa shape index (κ2) is 12.3. The van der Waals surface area contributed by atoms with Crippen molar-refractivity contribution in [2.24, 2.45) is 5.11 Å². The summed E-state index contributed by atoms with van der Waals surface area (Å²) in [5.74, 6) is 1.33. The highest BCUT2D eigenvalue weighted by atomic mass is 16.6. The summed E-state index contributed by atoms with van der Waals surface area (Å²) in [6.45, 7) is -0.166. The third kappa shape index (κ3) is 5.39. The number of nitrogens with one attached hydrogen (secondary N) is 1. The van der Waals surface area contributed by atoms with Crippen LogP contribution in [-0.4, -0.2) is 53.7 Å². The highest BCUT2D eigenvalue weighted by molar-refractivity contribution is 5.49. The smallest absolute Gasteiger partial charge is 0.330 e. The van der Waals surface area contributed by atoms with Crippen molar-refractivity contribution in [2.45, 2.75) is 30.1 Å². The molecule has 0 radical (unpaired) electrons. The van der Waals surface area contributed by atoms with Crippen LogP contribution in [-0.2, 0) is 15.1 Å². The highest BCUT2D eigenvalue weighted by Crippen LogP contribution is 2.43. The van der Waals surface area contributed by atoms with Crippen LogP contribution in [0, 0.1) is 0 Å². The van der Waals surface area contributed by atoms with E-state index in [2.05, 4.69) is 15.0 Å². The van der Waals surface area contributed by atoms with Crippen LogP contribution >= 0.6 is 0 Å². The number of H-pyrrole nitrogens is 1. The van der Waals surface area contributed by atoms with Gasteiger partial charge >= 0.3 is 5.69 Å². The first-order valence-corrected chi connectivity index (χ1v) is 13.1. The number of rotatable bonds is 10. The molecule has 0 saturated carbocycles. The quantitative estimate of drug-likeness (QED) is 0.127. The van der Waals surface area contributed by atoms with Crippen molar-refractivity contribution in [3.05, 3.63) is 139 Å². The van der Waals surface area contributed by atoms with E-state index in [9.17, 15) is 20.2 Å². The van der Waals surface area contributed by atoms with Gasteiger partial charge in [-0.25, -0.2) is 4.79 Å². The molecule has 3 aromatic carbocycles. The van der Waals surface area contributed by atoms with E-state index < -0.39 is 41.3 Å². The SMILES string of the molecule is COc1ccc(C(OCC2OC(n3ccc(=O)[nH]c3=O)C(N=[N+]=[N-])C2O)(c2ccccc2)c2ccc(OC)cc2)cc1. The van der Waals surface area contributed by atoms with Gasteiger partial charge in [-0.15, -0.1) is 0 Å². The van der Waals surface area contributed by atoms with Gasteiger partial charge in [-0.2, -0.15) is 0 Å². The normalized spacial score (nSPS) is 20.1. The Morgan fingerprint density at radius 3 is 2.02 bits per heavy atom. The number of nitrogens with zero attached hydrogens (tertiary/aromatic N) is 4. The van der Waals surface area contributed by atoms with Crippen LogP contribution < -0.4 is 20.7 Å². The average molecular weight is 572 g/mol. The Hall–Kier alpha value is -4.87. The molecule has 2 N–H and O–H groups in total. The molecule has 0 amide bonds. The summed E-state index contributed by atoms with van der Waals surface area (Å²) < 4.78 is 24.7. The van der Waals surface area contributed by atoms with Crippen LogP contribution in [0.2, 0.25) is 0 Å². The highest BCUT2D eigenvalue weighted by Gasteiger charge is 2.47. The fraction of sp³-hybridized carbons (Fsp3) is 0.267. The minimum Gasteiger partial charge on any atom is -0.497 e. The third-order valence-electron chi connectivity index (χ3n) is 7.29.